The molecule has 36 heavy (non-hydrogen) atoms. The van der Waals surface area contributed by atoms with Gasteiger partial charge in [0.05, 0.1) is 11.7 Å². The number of anilines is 1. The number of benzene rings is 3. The normalized spacial score (nSPS) is 19.1. The number of rotatable bonds is 4. The van der Waals surface area contributed by atoms with Crippen LogP contribution < -0.4 is 4.90 Å². The van der Waals surface area contributed by atoms with Gasteiger partial charge in [0.25, 0.3) is 5.91 Å². The number of hydrogen-bond acceptors (Lipinski definition) is 4. The minimum Gasteiger partial charge on any atom is -0.346 e. The highest BCUT2D eigenvalue weighted by Gasteiger charge is 2.46. The molecule has 3 heterocycles. The van der Waals surface area contributed by atoms with Gasteiger partial charge in [-0.15, -0.1) is 11.3 Å². The molecule has 2 saturated heterocycles. The summed E-state index contributed by atoms with van der Waals surface area (Å²) in [6, 6.07) is 23.1. The van der Waals surface area contributed by atoms with Crippen molar-refractivity contribution >= 4 is 22.4 Å². The van der Waals surface area contributed by atoms with Crippen LogP contribution in [0.4, 0.5) is 9.52 Å². The van der Waals surface area contributed by atoms with E-state index in [2.05, 4.69) is 29.2 Å². The first kappa shape index (κ1) is 22.9. The molecule has 4 nitrogen and oxygen atoms in total. The minimum absolute atomic E-state index is 0.108. The molecule has 0 aliphatic carbocycles. The predicted molar refractivity (Wildman–Crippen MR) is 144 cm³/mol. The number of aromatic nitrogens is 1. The maximum atomic E-state index is 13.8. The Morgan fingerprint density at radius 1 is 0.972 bits per heavy atom. The Hall–Kier alpha value is -3.51. The largest absolute Gasteiger partial charge is 0.346 e. The van der Waals surface area contributed by atoms with Crippen LogP contribution in [-0.4, -0.2) is 41.5 Å². The van der Waals surface area contributed by atoms with Crippen molar-refractivity contribution in [2.75, 3.05) is 24.5 Å². The third-order valence-electron chi connectivity index (χ3n) is 7.46. The molecule has 0 N–H and O–H groups in total. The van der Waals surface area contributed by atoms with Crippen molar-refractivity contribution in [1.29, 1.82) is 0 Å². The lowest BCUT2D eigenvalue weighted by molar-refractivity contribution is 0.00797. The summed E-state index contributed by atoms with van der Waals surface area (Å²) in [5.74, 6) is 0.382. The lowest BCUT2D eigenvalue weighted by atomic mass is 9.81. The first-order chi connectivity index (χ1) is 17.5. The van der Waals surface area contributed by atoms with E-state index in [-0.39, 0.29) is 17.8 Å². The van der Waals surface area contributed by atoms with Crippen LogP contribution in [0, 0.1) is 25.6 Å². The Bertz CT molecular complexity index is 1430. The van der Waals surface area contributed by atoms with E-state index < -0.39 is 0 Å². The maximum Gasteiger partial charge on any atom is 0.254 e. The predicted octanol–water partition coefficient (Wildman–Crippen LogP) is 6.58. The monoisotopic (exact) mass is 497 g/mol. The first-order valence-corrected chi connectivity index (χ1v) is 13.2. The average molecular weight is 498 g/mol. The molecule has 2 fully saturated rings. The van der Waals surface area contributed by atoms with Crippen LogP contribution >= 0.6 is 11.3 Å². The van der Waals surface area contributed by atoms with E-state index in [0.717, 1.165) is 69.6 Å². The number of fused-ring (bicyclic) bond motifs is 1. The smallest absolute Gasteiger partial charge is 0.254 e. The highest BCUT2D eigenvalue weighted by Crippen LogP contribution is 2.39. The third-order valence-corrected chi connectivity index (χ3v) is 8.49. The summed E-state index contributed by atoms with van der Waals surface area (Å²) in [6.45, 7) is 6.59. The quantitative estimate of drug-likeness (QED) is 0.319. The van der Waals surface area contributed by atoms with Gasteiger partial charge in [0.1, 0.15) is 5.82 Å². The molecular formula is C30H28FN3OS. The summed E-state index contributed by atoms with van der Waals surface area (Å²) in [4.78, 5) is 24.1. The Morgan fingerprint density at radius 3 is 2.58 bits per heavy atom. The van der Waals surface area contributed by atoms with E-state index in [0.29, 0.717) is 5.92 Å². The van der Waals surface area contributed by atoms with Crippen molar-refractivity contribution in [3.05, 3.63) is 94.6 Å². The van der Waals surface area contributed by atoms with E-state index in [1.807, 2.05) is 49.1 Å². The summed E-state index contributed by atoms with van der Waals surface area (Å²) >= 11 is 1.65. The molecule has 2 aliphatic rings. The number of piperidine rings is 1. The van der Waals surface area contributed by atoms with Gasteiger partial charge in [-0.2, -0.15) is 0 Å². The molecule has 0 bridgehead atoms. The molecule has 1 amide bonds. The van der Waals surface area contributed by atoms with Gasteiger partial charge < -0.3 is 9.80 Å². The van der Waals surface area contributed by atoms with Crippen molar-refractivity contribution in [2.45, 2.75) is 26.3 Å². The summed E-state index contributed by atoms with van der Waals surface area (Å²) < 4.78 is 13.8. The molecule has 2 aliphatic heterocycles. The van der Waals surface area contributed by atoms with Crippen molar-refractivity contribution in [3.63, 3.8) is 0 Å². The number of nitrogens with zero attached hydrogens (tertiary/aromatic N) is 3. The number of thiazole rings is 1. The zero-order chi connectivity index (χ0) is 24.8. The van der Waals surface area contributed by atoms with Gasteiger partial charge in [0, 0.05) is 41.6 Å². The topological polar surface area (TPSA) is 36.4 Å². The molecular weight excluding hydrogens is 469 g/mol. The zero-order valence-corrected chi connectivity index (χ0v) is 21.3. The van der Waals surface area contributed by atoms with Crippen molar-refractivity contribution in [2.24, 2.45) is 5.92 Å². The molecule has 0 spiro atoms. The number of aryl methyl sites for hydroxylation is 2. The lowest BCUT2D eigenvalue weighted by Crippen LogP contribution is -2.65. The van der Waals surface area contributed by atoms with Crippen molar-refractivity contribution < 1.29 is 9.18 Å². The van der Waals surface area contributed by atoms with E-state index in [4.69, 9.17) is 4.98 Å². The second kappa shape index (κ2) is 9.17. The molecule has 4 aromatic rings. The van der Waals surface area contributed by atoms with Crippen LogP contribution in [0.1, 0.15) is 27.2 Å². The van der Waals surface area contributed by atoms with Gasteiger partial charge >= 0.3 is 0 Å². The molecule has 6 rings (SSSR count). The van der Waals surface area contributed by atoms with E-state index in [9.17, 15) is 9.18 Å². The van der Waals surface area contributed by atoms with Gasteiger partial charge in [-0.25, -0.2) is 9.37 Å². The van der Waals surface area contributed by atoms with E-state index >= 15 is 0 Å². The second-order valence-electron chi connectivity index (χ2n) is 9.85. The van der Waals surface area contributed by atoms with Crippen LogP contribution in [0.15, 0.2) is 72.8 Å². The fourth-order valence-corrected chi connectivity index (χ4v) is 6.45. The van der Waals surface area contributed by atoms with Crippen molar-refractivity contribution in [1.82, 2.24) is 9.88 Å². The van der Waals surface area contributed by atoms with Crippen molar-refractivity contribution in [3.8, 4) is 22.4 Å². The molecule has 1 aromatic heterocycles. The third kappa shape index (κ3) is 4.09. The van der Waals surface area contributed by atoms with Gasteiger partial charge in [0.15, 0.2) is 5.13 Å². The Labute approximate surface area is 215 Å². The summed E-state index contributed by atoms with van der Waals surface area (Å²) in [7, 11) is 0. The van der Waals surface area contributed by atoms with Gasteiger partial charge in [-0.1, -0.05) is 60.2 Å². The zero-order valence-electron chi connectivity index (χ0n) is 20.4. The van der Waals surface area contributed by atoms with Crippen LogP contribution in [0.2, 0.25) is 0 Å². The van der Waals surface area contributed by atoms with Crippen LogP contribution in [0.5, 0.6) is 0 Å². The highest BCUT2D eigenvalue weighted by atomic mass is 32.1. The van der Waals surface area contributed by atoms with Gasteiger partial charge in [-0.3, -0.25) is 4.79 Å². The second-order valence-corrected chi connectivity index (χ2v) is 11.0. The summed E-state index contributed by atoms with van der Waals surface area (Å²) in [6.07, 6.45) is 1.04. The number of likely N-dealkylation sites (tertiary alicyclic amines) is 1. The van der Waals surface area contributed by atoms with Gasteiger partial charge in [0.2, 0.25) is 0 Å². The maximum absolute atomic E-state index is 13.8. The summed E-state index contributed by atoms with van der Waals surface area (Å²) in [5, 5.41) is 0.949. The number of halogens is 1. The lowest BCUT2D eigenvalue weighted by Gasteiger charge is -2.53. The van der Waals surface area contributed by atoms with Crippen LogP contribution in [-0.2, 0) is 0 Å². The Kier molecular flexibility index (Phi) is 5.84. The molecule has 2 atom stereocenters. The summed E-state index contributed by atoms with van der Waals surface area (Å²) in [5.41, 5.74) is 5.55. The fourth-order valence-electron chi connectivity index (χ4n) is 5.48. The Morgan fingerprint density at radius 2 is 1.78 bits per heavy atom. The van der Waals surface area contributed by atoms with Gasteiger partial charge in [-0.05, 0) is 49.6 Å². The Balaban J connectivity index is 1.24. The molecule has 0 radical (unpaired) electrons. The molecule has 0 unspecified atom stereocenters. The first-order valence-electron chi connectivity index (χ1n) is 12.4. The molecule has 3 aromatic carbocycles. The molecule has 182 valence electrons. The van der Waals surface area contributed by atoms with Crippen LogP contribution in [0.3, 0.4) is 0 Å². The van der Waals surface area contributed by atoms with E-state index in [1.54, 1.807) is 17.4 Å². The molecule has 6 heteroatoms. The number of hydrogen-bond donors (Lipinski definition) is 0. The molecule has 0 saturated carbocycles. The van der Waals surface area contributed by atoms with Crippen LogP contribution in [0.25, 0.3) is 22.4 Å². The SMILES string of the molecule is Cc1ccc(-c2ccccc2)c(C(=O)N2C[C@@H]3CCN(c4nc(-c5cccc(F)c5)c(C)s4)C[C@@H]32)c1. The fraction of sp³-hybridized carbons (Fsp3) is 0.267. The standard InChI is InChI=1S/C30H28FN3OS/c1-19-11-12-25(21-7-4-3-5-8-21)26(15-19)29(35)34-17-23-13-14-33(18-27(23)34)30-32-28(20(2)36-30)22-9-6-10-24(31)16-22/h3-12,15-16,23,27H,13-14,17-18H2,1-2H3/t23-,27-/m0/s1. The average Bonchev–Trinajstić information content (AvgIpc) is 3.26. The van der Waals surface area contributed by atoms with E-state index in [1.165, 1.54) is 12.1 Å². The minimum atomic E-state index is -0.253. The number of amides is 1. The highest BCUT2D eigenvalue weighted by molar-refractivity contribution is 7.16. The number of carbonyl (C=O) groups excluding carboxylic acids is 1. The number of carbonyl (C=O) groups is 1.